The Morgan fingerprint density at radius 2 is 1.00 bits per heavy atom. The first-order valence-corrected chi connectivity index (χ1v) is 16.7. The molecule has 9 aromatic rings. The van der Waals surface area contributed by atoms with Crippen molar-refractivity contribution in [1.29, 1.82) is 0 Å². The first-order chi connectivity index (χ1) is 23.7. The summed E-state index contributed by atoms with van der Waals surface area (Å²) in [6.07, 6.45) is 0.848. The van der Waals surface area contributed by atoms with Gasteiger partial charge in [0.15, 0.2) is 0 Å². The maximum atomic E-state index is 5.25. The first kappa shape index (κ1) is 27.1. The minimum Gasteiger partial charge on any atom is -0.253 e. The van der Waals surface area contributed by atoms with Crippen molar-refractivity contribution in [2.24, 2.45) is 4.99 Å². The number of hydrogen-bond donors (Lipinski definition) is 0. The lowest BCUT2D eigenvalue weighted by atomic mass is 9.89. The third-order valence-corrected chi connectivity index (χ3v) is 10.4. The fraction of sp³-hybridized carbons (Fsp3) is 0.0426. The number of rotatable bonds is 2. The van der Waals surface area contributed by atoms with Gasteiger partial charge in [0.1, 0.15) is 0 Å². The molecule has 1 heteroatoms. The fourth-order valence-corrected chi connectivity index (χ4v) is 7.99. The highest BCUT2D eigenvalue weighted by Gasteiger charge is 2.17. The van der Waals surface area contributed by atoms with Crippen molar-refractivity contribution in [2.45, 2.75) is 13.3 Å². The van der Waals surface area contributed by atoms with Gasteiger partial charge < -0.3 is 0 Å². The van der Waals surface area contributed by atoms with Crippen molar-refractivity contribution in [2.75, 3.05) is 0 Å². The van der Waals surface area contributed by atoms with E-state index in [1.165, 1.54) is 93.2 Å². The van der Waals surface area contributed by atoms with Crippen LogP contribution in [0.15, 0.2) is 163 Å². The summed E-state index contributed by atoms with van der Waals surface area (Å²) in [4.78, 5) is 5.25. The molecule has 1 aliphatic heterocycles. The zero-order valence-corrected chi connectivity index (χ0v) is 26.7. The molecule has 48 heavy (non-hydrogen) atoms. The van der Waals surface area contributed by atoms with Crippen LogP contribution < -0.4 is 0 Å². The number of fused-ring (bicyclic) bond motifs is 5. The van der Waals surface area contributed by atoms with Gasteiger partial charge in [-0.05, 0) is 113 Å². The Hall–Kier alpha value is -6.05. The van der Waals surface area contributed by atoms with E-state index in [-0.39, 0.29) is 0 Å². The molecule has 0 spiro atoms. The summed E-state index contributed by atoms with van der Waals surface area (Å²) < 4.78 is 0. The highest BCUT2D eigenvalue weighted by atomic mass is 14.7. The second kappa shape index (κ2) is 10.5. The van der Waals surface area contributed by atoms with Crippen molar-refractivity contribution in [1.82, 2.24) is 0 Å². The van der Waals surface area contributed by atoms with Crippen LogP contribution in [0.1, 0.15) is 23.6 Å². The van der Waals surface area contributed by atoms with E-state index in [2.05, 4.69) is 165 Å². The predicted molar refractivity (Wildman–Crippen MR) is 205 cm³/mol. The Morgan fingerprint density at radius 3 is 1.83 bits per heavy atom. The molecule has 0 atom stereocenters. The Balaban J connectivity index is 1.06. The standard InChI is InChI=1S/C47H31N/c1-29-40-10-4-5-12-43(40)41-11-3-2-7-37(41)27-39-20-18-36(28-45(39)48-29)34-15-16-35-26-38(19-17-33(35)25-34)42-23-21-32-14-13-30-8-6-9-31-22-24-44(42)47(32)46(30)31/h2-26,28H,27H2,1H3/b48-29+. The molecule has 0 bridgehead atoms. The summed E-state index contributed by atoms with van der Waals surface area (Å²) in [5, 5.41) is 10.4. The van der Waals surface area contributed by atoms with Gasteiger partial charge >= 0.3 is 0 Å². The van der Waals surface area contributed by atoms with Gasteiger partial charge in [0.05, 0.1) is 5.69 Å². The Labute approximate surface area is 279 Å². The highest BCUT2D eigenvalue weighted by molar-refractivity contribution is 6.25. The van der Waals surface area contributed by atoms with Crippen molar-refractivity contribution in [3.05, 3.63) is 174 Å². The lowest BCUT2D eigenvalue weighted by molar-refractivity contribution is 1.19. The zero-order chi connectivity index (χ0) is 31.8. The fourth-order valence-electron chi connectivity index (χ4n) is 7.99. The van der Waals surface area contributed by atoms with Gasteiger partial charge in [-0.15, -0.1) is 0 Å². The van der Waals surface area contributed by atoms with E-state index >= 15 is 0 Å². The maximum Gasteiger partial charge on any atom is 0.0674 e. The summed E-state index contributed by atoms with van der Waals surface area (Å²) in [6, 6.07) is 58.2. The van der Waals surface area contributed by atoms with Gasteiger partial charge in [0.25, 0.3) is 0 Å². The second-order valence-electron chi connectivity index (χ2n) is 13.2. The Bertz CT molecular complexity index is 2750. The SMILES string of the molecule is C/C1=N\c2cc(-c3ccc4cc(-c5ccc6ccc7cccc8ccc5c6c78)ccc4c3)ccc2Cc2ccccc2-c2ccccc21. The molecule has 1 aliphatic rings. The quantitative estimate of drug-likeness (QED) is 0.173. The van der Waals surface area contributed by atoms with Gasteiger partial charge in [0.2, 0.25) is 0 Å². The molecule has 10 rings (SSSR count). The summed E-state index contributed by atoms with van der Waals surface area (Å²) in [7, 11) is 0. The molecule has 0 saturated heterocycles. The van der Waals surface area contributed by atoms with E-state index in [4.69, 9.17) is 4.99 Å². The molecule has 1 nitrogen and oxygen atoms in total. The van der Waals surface area contributed by atoms with Crippen LogP contribution in [0.4, 0.5) is 5.69 Å². The minimum absolute atomic E-state index is 0.848. The van der Waals surface area contributed by atoms with Crippen LogP contribution in [0.2, 0.25) is 0 Å². The molecule has 0 aromatic heterocycles. The first-order valence-electron chi connectivity index (χ1n) is 16.7. The molecule has 0 N–H and O–H groups in total. The van der Waals surface area contributed by atoms with Crippen LogP contribution in [0.3, 0.4) is 0 Å². The van der Waals surface area contributed by atoms with Crippen LogP contribution in [-0.4, -0.2) is 5.71 Å². The van der Waals surface area contributed by atoms with Crippen LogP contribution in [0.25, 0.3) is 76.5 Å². The zero-order valence-electron chi connectivity index (χ0n) is 26.7. The maximum absolute atomic E-state index is 5.25. The lowest BCUT2D eigenvalue weighted by Crippen LogP contribution is -1.98. The van der Waals surface area contributed by atoms with Gasteiger partial charge in [-0.1, -0.05) is 140 Å². The molecule has 0 fully saturated rings. The largest absolute Gasteiger partial charge is 0.253 e. The lowest BCUT2D eigenvalue weighted by Gasteiger charge is -2.15. The predicted octanol–water partition coefficient (Wildman–Crippen LogP) is 12.8. The molecule has 0 aliphatic carbocycles. The molecular weight excluding hydrogens is 579 g/mol. The normalized spacial score (nSPS) is 13.8. The van der Waals surface area contributed by atoms with E-state index < -0.39 is 0 Å². The number of hydrogen-bond acceptors (Lipinski definition) is 1. The van der Waals surface area contributed by atoms with Gasteiger partial charge in [-0.3, -0.25) is 4.99 Å². The summed E-state index contributed by atoms with van der Waals surface area (Å²) in [5.74, 6) is 0. The van der Waals surface area contributed by atoms with E-state index in [0.29, 0.717) is 0 Å². The van der Waals surface area contributed by atoms with Crippen LogP contribution in [0.5, 0.6) is 0 Å². The molecule has 0 unspecified atom stereocenters. The summed E-state index contributed by atoms with van der Waals surface area (Å²) >= 11 is 0. The summed E-state index contributed by atoms with van der Waals surface area (Å²) in [6.45, 7) is 2.14. The van der Waals surface area contributed by atoms with Crippen molar-refractivity contribution in [3.63, 3.8) is 0 Å². The Morgan fingerprint density at radius 1 is 0.396 bits per heavy atom. The molecule has 224 valence electrons. The van der Waals surface area contributed by atoms with E-state index in [9.17, 15) is 0 Å². The topological polar surface area (TPSA) is 12.4 Å². The van der Waals surface area contributed by atoms with Crippen molar-refractivity contribution >= 4 is 54.5 Å². The van der Waals surface area contributed by atoms with E-state index in [0.717, 1.165) is 17.8 Å². The van der Waals surface area contributed by atoms with Crippen LogP contribution in [0, 0.1) is 0 Å². The van der Waals surface area contributed by atoms with Crippen LogP contribution in [-0.2, 0) is 6.42 Å². The summed E-state index contributed by atoms with van der Waals surface area (Å²) in [5.41, 5.74) is 13.3. The number of nitrogens with zero attached hydrogens (tertiary/aromatic N) is 1. The molecule has 0 amide bonds. The minimum atomic E-state index is 0.848. The molecule has 0 radical (unpaired) electrons. The Kier molecular flexibility index (Phi) is 5.92. The van der Waals surface area contributed by atoms with Crippen molar-refractivity contribution in [3.8, 4) is 33.4 Å². The molecule has 0 saturated carbocycles. The van der Waals surface area contributed by atoms with E-state index in [1.54, 1.807) is 0 Å². The molecule has 1 heterocycles. The van der Waals surface area contributed by atoms with Gasteiger partial charge in [-0.2, -0.15) is 0 Å². The third-order valence-electron chi connectivity index (χ3n) is 10.4. The second-order valence-corrected chi connectivity index (χ2v) is 13.2. The van der Waals surface area contributed by atoms with Gasteiger partial charge in [0, 0.05) is 17.7 Å². The van der Waals surface area contributed by atoms with E-state index in [1.807, 2.05) is 0 Å². The average Bonchev–Trinajstić information content (AvgIpc) is 3.19. The molecular formula is C47H31N. The smallest absolute Gasteiger partial charge is 0.0674 e. The van der Waals surface area contributed by atoms with Crippen molar-refractivity contribution < 1.29 is 0 Å². The van der Waals surface area contributed by atoms with Crippen LogP contribution >= 0.6 is 0 Å². The number of benzene rings is 9. The third kappa shape index (κ3) is 4.21. The average molecular weight is 610 g/mol. The van der Waals surface area contributed by atoms with Gasteiger partial charge in [-0.25, -0.2) is 0 Å². The number of aliphatic imine (C=N–C) groups is 1. The highest BCUT2D eigenvalue weighted by Crippen LogP contribution is 2.41. The monoisotopic (exact) mass is 609 g/mol. The molecule has 9 aromatic carbocycles.